The Morgan fingerprint density at radius 2 is 1.70 bits per heavy atom. The van der Waals surface area contributed by atoms with Crippen LogP contribution in [0.5, 0.6) is 5.75 Å². The summed E-state index contributed by atoms with van der Waals surface area (Å²) in [6.45, 7) is 4.00. The second kappa shape index (κ2) is 9.24. The minimum atomic E-state index is -0.320. The summed E-state index contributed by atoms with van der Waals surface area (Å²) in [4.78, 5) is 12.0. The van der Waals surface area contributed by atoms with Crippen molar-refractivity contribution < 1.29 is 9.15 Å². The Bertz CT molecular complexity index is 1230. The van der Waals surface area contributed by atoms with Gasteiger partial charge in [-0.05, 0) is 48.2 Å². The van der Waals surface area contributed by atoms with E-state index in [0.29, 0.717) is 11.3 Å². The first-order valence-electron chi connectivity index (χ1n) is 9.28. The summed E-state index contributed by atoms with van der Waals surface area (Å²) in [6.07, 6.45) is 0. The third-order valence-corrected chi connectivity index (χ3v) is 8.09. The Balaban J connectivity index is 1.43. The maximum Gasteiger partial charge on any atom is 0.336 e. The van der Waals surface area contributed by atoms with Crippen molar-refractivity contribution in [3.63, 3.8) is 0 Å². The van der Waals surface area contributed by atoms with Crippen LogP contribution >= 0.6 is 34.9 Å². The maximum atomic E-state index is 12.0. The van der Waals surface area contributed by atoms with E-state index >= 15 is 0 Å². The first-order valence-corrected chi connectivity index (χ1v) is 12.1. The number of fused-ring (bicyclic) bond motifs is 1. The number of ether oxygens (including phenoxy) is 1. The predicted octanol–water partition coefficient (Wildman–Crippen LogP) is 5.85. The van der Waals surface area contributed by atoms with E-state index in [4.69, 9.17) is 9.15 Å². The summed E-state index contributed by atoms with van der Waals surface area (Å²) in [6, 6.07) is 13.7. The average molecular weight is 457 g/mol. The standard InChI is InChI=1S/C22H20N2O3S3/c1-13-4-9-18-16(10-19(25)27-20(18)14(13)2)12-29-22-24-23-21(30-22)28-11-15-5-7-17(26-3)8-6-15/h4-10H,11-12H2,1-3H3. The highest BCUT2D eigenvalue weighted by atomic mass is 32.2. The molecule has 0 radical (unpaired) electrons. The van der Waals surface area contributed by atoms with Crippen molar-refractivity contribution >= 4 is 45.8 Å². The fourth-order valence-electron chi connectivity index (χ4n) is 2.96. The molecule has 2 aromatic carbocycles. The van der Waals surface area contributed by atoms with Crippen molar-refractivity contribution in [2.75, 3.05) is 7.11 Å². The van der Waals surface area contributed by atoms with E-state index < -0.39 is 0 Å². The van der Waals surface area contributed by atoms with Gasteiger partial charge in [-0.25, -0.2) is 4.79 Å². The van der Waals surface area contributed by atoms with E-state index in [2.05, 4.69) is 28.4 Å². The molecule has 2 heterocycles. The number of hydrogen-bond donors (Lipinski definition) is 0. The van der Waals surface area contributed by atoms with Crippen LogP contribution in [0.4, 0.5) is 0 Å². The third kappa shape index (κ3) is 4.71. The maximum absolute atomic E-state index is 12.0. The van der Waals surface area contributed by atoms with E-state index in [1.807, 2.05) is 32.0 Å². The van der Waals surface area contributed by atoms with Gasteiger partial charge < -0.3 is 9.15 Å². The summed E-state index contributed by atoms with van der Waals surface area (Å²) >= 11 is 4.82. The number of aryl methyl sites for hydroxylation is 2. The lowest BCUT2D eigenvalue weighted by Gasteiger charge is -2.08. The molecule has 154 valence electrons. The van der Waals surface area contributed by atoms with Crippen LogP contribution in [-0.2, 0) is 11.5 Å². The highest BCUT2D eigenvalue weighted by molar-refractivity contribution is 8.02. The molecular formula is C22H20N2O3S3. The van der Waals surface area contributed by atoms with E-state index in [0.717, 1.165) is 42.3 Å². The zero-order valence-electron chi connectivity index (χ0n) is 16.8. The minimum absolute atomic E-state index is 0.320. The molecule has 0 aliphatic carbocycles. The topological polar surface area (TPSA) is 65.2 Å². The van der Waals surface area contributed by atoms with Gasteiger partial charge in [-0.3, -0.25) is 0 Å². The van der Waals surface area contributed by atoms with Crippen LogP contribution in [0.1, 0.15) is 22.3 Å². The lowest BCUT2D eigenvalue weighted by Crippen LogP contribution is -2.01. The Morgan fingerprint density at radius 1 is 1.00 bits per heavy atom. The number of benzene rings is 2. The van der Waals surface area contributed by atoms with Gasteiger partial charge in [0.25, 0.3) is 0 Å². The van der Waals surface area contributed by atoms with Gasteiger partial charge in [-0.1, -0.05) is 59.1 Å². The van der Waals surface area contributed by atoms with Gasteiger partial charge in [0.2, 0.25) is 0 Å². The molecule has 0 spiro atoms. The fraction of sp³-hybridized carbons (Fsp3) is 0.227. The molecule has 0 bridgehead atoms. The van der Waals surface area contributed by atoms with Crippen molar-refractivity contribution in [3.05, 3.63) is 75.1 Å². The lowest BCUT2D eigenvalue weighted by atomic mass is 10.0. The van der Waals surface area contributed by atoms with Gasteiger partial charge >= 0.3 is 5.63 Å². The molecule has 30 heavy (non-hydrogen) atoms. The summed E-state index contributed by atoms with van der Waals surface area (Å²) in [5.41, 5.74) is 4.63. The van der Waals surface area contributed by atoms with E-state index in [1.165, 1.54) is 5.56 Å². The molecule has 0 aliphatic heterocycles. The van der Waals surface area contributed by atoms with Crippen LogP contribution in [0.2, 0.25) is 0 Å². The van der Waals surface area contributed by atoms with Crippen molar-refractivity contribution in [1.82, 2.24) is 10.2 Å². The van der Waals surface area contributed by atoms with Crippen molar-refractivity contribution in [2.24, 2.45) is 0 Å². The molecule has 0 N–H and O–H groups in total. The SMILES string of the molecule is COc1ccc(CSc2nnc(SCc3cc(=O)oc4c(C)c(C)ccc34)s2)cc1. The molecule has 4 rings (SSSR count). The molecule has 0 fully saturated rings. The van der Waals surface area contributed by atoms with Crippen LogP contribution in [0.25, 0.3) is 11.0 Å². The summed E-state index contributed by atoms with van der Waals surface area (Å²) in [7, 11) is 1.66. The summed E-state index contributed by atoms with van der Waals surface area (Å²) in [5.74, 6) is 2.32. The predicted molar refractivity (Wildman–Crippen MR) is 124 cm³/mol. The van der Waals surface area contributed by atoms with E-state index in [9.17, 15) is 4.79 Å². The van der Waals surface area contributed by atoms with Gasteiger partial charge in [0.05, 0.1) is 7.11 Å². The van der Waals surface area contributed by atoms with E-state index in [1.54, 1.807) is 48.0 Å². The van der Waals surface area contributed by atoms with Crippen LogP contribution in [-0.4, -0.2) is 17.3 Å². The molecule has 0 atom stereocenters. The van der Waals surface area contributed by atoms with Gasteiger partial charge in [-0.15, -0.1) is 10.2 Å². The molecular weight excluding hydrogens is 436 g/mol. The van der Waals surface area contributed by atoms with Gasteiger partial charge in [-0.2, -0.15) is 0 Å². The number of thioether (sulfide) groups is 2. The lowest BCUT2D eigenvalue weighted by molar-refractivity contribution is 0.414. The molecule has 0 saturated heterocycles. The number of methoxy groups -OCH3 is 1. The fourth-order valence-corrected chi connectivity index (χ4v) is 5.93. The van der Waals surface area contributed by atoms with Crippen molar-refractivity contribution in [3.8, 4) is 5.75 Å². The normalized spacial score (nSPS) is 11.2. The first-order chi connectivity index (χ1) is 14.5. The van der Waals surface area contributed by atoms with Crippen LogP contribution in [0.15, 0.2) is 60.4 Å². The van der Waals surface area contributed by atoms with Gasteiger partial charge in [0.1, 0.15) is 11.3 Å². The molecule has 2 aromatic heterocycles. The largest absolute Gasteiger partial charge is 0.497 e. The second-order valence-corrected chi connectivity index (χ2v) is 10.2. The molecule has 8 heteroatoms. The Hall–Kier alpha value is -2.29. The summed E-state index contributed by atoms with van der Waals surface area (Å²) in [5, 5.41) is 9.56. The molecule has 0 unspecified atom stereocenters. The monoisotopic (exact) mass is 456 g/mol. The highest BCUT2D eigenvalue weighted by Gasteiger charge is 2.12. The van der Waals surface area contributed by atoms with Crippen LogP contribution in [0, 0.1) is 13.8 Å². The van der Waals surface area contributed by atoms with Crippen molar-refractivity contribution in [1.29, 1.82) is 0 Å². The summed E-state index contributed by atoms with van der Waals surface area (Å²) < 4.78 is 12.5. The van der Waals surface area contributed by atoms with Gasteiger partial charge in [0, 0.05) is 23.0 Å². The number of aromatic nitrogens is 2. The molecule has 4 aromatic rings. The minimum Gasteiger partial charge on any atom is -0.497 e. The molecule has 0 amide bonds. The Kier molecular flexibility index (Phi) is 6.46. The third-order valence-electron chi connectivity index (χ3n) is 4.78. The second-order valence-electron chi connectivity index (χ2n) is 6.73. The average Bonchev–Trinajstić information content (AvgIpc) is 3.21. The van der Waals surface area contributed by atoms with Gasteiger partial charge in [0.15, 0.2) is 8.68 Å². The van der Waals surface area contributed by atoms with Crippen LogP contribution < -0.4 is 10.4 Å². The zero-order valence-corrected chi connectivity index (χ0v) is 19.2. The van der Waals surface area contributed by atoms with E-state index in [-0.39, 0.29) is 5.63 Å². The molecule has 0 saturated carbocycles. The molecule has 5 nitrogen and oxygen atoms in total. The number of hydrogen-bond acceptors (Lipinski definition) is 8. The Morgan fingerprint density at radius 3 is 2.40 bits per heavy atom. The molecule has 0 aliphatic rings. The highest BCUT2D eigenvalue weighted by Crippen LogP contribution is 2.34. The van der Waals surface area contributed by atoms with Crippen LogP contribution in [0.3, 0.4) is 0 Å². The Labute approximate surface area is 186 Å². The van der Waals surface area contributed by atoms with Crippen molar-refractivity contribution in [2.45, 2.75) is 34.0 Å². The quantitative estimate of drug-likeness (QED) is 0.255. The number of nitrogens with zero attached hydrogens (tertiary/aromatic N) is 2. The number of rotatable bonds is 7. The smallest absolute Gasteiger partial charge is 0.336 e. The zero-order chi connectivity index (χ0) is 21.1. The first kappa shape index (κ1) is 21.0.